The predicted molar refractivity (Wildman–Crippen MR) is 213 cm³/mol. The van der Waals surface area contributed by atoms with E-state index >= 15 is 0 Å². The number of hydrogen-bond acceptors (Lipinski definition) is 0. The molecule has 0 atom stereocenters. The fourth-order valence-corrected chi connectivity index (χ4v) is 6.73. The molecule has 6 rings (SSSR count). The van der Waals surface area contributed by atoms with Gasteiger partial charge >= 0.3 is 26.2 Å². The summed E-state index contributed by atoms with van der Waals surface area (Å²) < 4.78 is 0. The first-order chi connectivity index (χ1) is 22.8. The van der Waals surface area contributed by atoms with Gasteiger partial charge in [-0.15, -0.1) is 69.1 Å². The normalized spacial score (nSPS) is 10.9. The van der Waals surface area contributed by atoms with Gasteiger partial charge in [-0.2, -0.15) is 12.1 Å². The fraction of sp³-hybridized carbons (Fsp3) is 0.348. The van der Waals surface area contributed by atoms with Crippen molar-refractivity contribution in [3.8, 4) is 22.3 Å². The van der Waals surface area contributed by atoms with Crippen LogP contribution in [0, 0.1) is 11.8 Å². The Bertz CT molecular complexity index is 1680. The molecule has 0 heterocycles. The molecule has 0 aliphatic heterocycles. The molecular formula is C46H56SiZr. The monoisotopic (exact) mass is 726 g/mol. The van der Waals surface area contributed by atoms with Gasteiger partial charge in [-0.1, -0.05) is 139 Å². The number of benzene rings is 4. The largest absolute Gasteiger partial charge is 2.00 e. The van der Waals surface area contributed by atoms with Crippen molar-refractivity contribution in [3.05, 3.63) is 131 Å². The first kappa shape index (κ1) is 39.6. The Morgan fingerprint density at radius 3 is 1.23 bits per heavy atom. The Balaban J connectivity index is 0.000000236. The standard InChI is InChI=1S/2C22H25.C2H6Si.Zr/c2*1-4-8-17-14-19-10-7-12-21(22(19)15-17)20-11-6-5-9-18(20)13-16(2)3;1-3-2;/h2*5-7,9-12,14-16H,4,8,13H2,1-3H3;1-2H3;/q2*-1;;+2. The maximum Gasteiger partial charge on any atom is 2.00 e. The van der Waals surface area contributed by atoms with Crippen LogP contribution in [0.2, 0.25) is 13.1 Å². The molecule has 0 aliphatic rings. The van der Waals surface area contributed by atoms with E-state index in [-0.39, 0.29) is 26.2 Å². The molecule has 0 N–H and O–H groups in total. The molecule has 0 fully saturated rings. The Hall–Kier alpha value is -2.80. The van der Waals surface area contributed by atoms with E-state index in [2.05, 4.69) is 164 Å². The van der Waals surface area contributed by atoms with E-state index in [1.165, 1.54) is 91.7 Å². The van der Waals surface area contributed by atoms with Gasteiger partial charge in [0.15, 0.2) is 0 Å². The second-order valence-corrected chi connectivity index (χ2v) is 14.9. The molecule has 2 heteroatoms. The maximum absolute atomic E-state index is 2.39. The van der Waals surface area contributed by atoms with Crippen LogP contribution in [0.3, 0.4) is 0 Å². The molecule has 0 aromatic heterocycles. The Kier molecular flexibility index (Phi) is 16.5. The van der Waals surface area contributed by atoms with Crippen molar-refractivity contribution in [1.82, 2.24) is 0 Å². The summed E-state index contributed by atoms with van der Waals surface area (Å²) in [4.78, 5) is 0. The molecule has 0 aliphatic carbocycles. The second kappa shape index (κ2) is 20.0. The van der Waals surface area contributed by atoms with Crippen molar-refractivity contribution in [2.45, 2.75) is 93.2 Å². The minimum absolute atomic E-state index is 0. The average molecular weight is 728 g/mol. The summed E-state index contributed by atoms with van der Waals surface area (Å²) in [6, 6.07) is 40.7. The van der Waals surface area contributed by atoms with Gasteiger partial charge in [-0.05, 0) is 59.8 Å². The van der Waals surface area contributed by atoms with Crippen molar-refractivity contribution >= 4 is 31.1 Å². The Morgan fingerprint density at radius 1 is 0.521 bits per heavy atom. The zero-order valence-electron chi connectivity index (χ0n) is 30.8. The topological polar surface area (TPSA) is 0 Å². The fourth-order valence-electron chi connectivity index (χ4n) is 6.73. The zero-order valence-corrected chi connectivity index (χ0v) is 34.2. The second-order valence-electron chi connectivity index (χ2n) is 13.9. The third-order valence-corrected chi connectivity index (χ3v) is 8.57. The zero-order chi connectivity index (χ0) is 33.8. The molecule has 0 saturated heterocycles. The van der Waals surface area contributed by atoms with Gasteiger partial charge < -0.3 is 0 Å². The molecular weight excluding hydrogens is 672 g/mol. The first-order valence-corrected chi connectivity index (χ1v) is 19.9. The van der Waals surface area contributed by atoms with Crippen LogP contribution >= 0.6 is 0 Å². The predicted octanol–water partition coefficient (Wildman–Crippen LogP) is 13.5. The number of hydrogen-bond donors (Lipinski definition) is 0. The molecule has 2 radical (unpaired) electrons. The molecule has 48 heavy (non-hydrogen) atoms. The number of aryl methyl sites for hydroxylation is 2. The van der Waals surface area contributed by atoms with Gasteiger partial charge in [-0.25, -0.2) is 0 Å². The molecule has 0 saturated carbocycles. The third kappa shape index (κ3) is 10.6. The molecule has 0 unspecified atom stereocenters. The summed E-state index contributed by atoms with van der Waals surface area (Å²) in [5, 5.41) is 5.56. The van der Waals surface area contributed by atoms with Crippen LogP contribution in [-0.4, -0.2) is 9.52 Å². The summed E-state index contributed by atoms with van der Waals surface area (Å²) in [5.74, 6) is 1.35. The smallest absolute Gasteiger partial charge is 0.164 e. The van der Waals surface area contributed by atoms with E-state index in [1.54, 1.807) is 0 Å². The van der Waals surface area contributed by atoms with Gasteiger partial charge in [-0.3, -0.25) is 0 Å². The van der Waals surface area contributed by atoms with Gasteiger partial charge in [0.25, 0.3) is 0 Å². The number of fused-ring (bicyclic) bond motifs is 2. The number of rotatable bonds is 10. The first-order valence-electron chi connectivity index (χ1n) is 17.9. The summed E-state index contributed by atoms with van der Waals surface area (Å²) >= 11 is 0. The summed E-state index contributed by atoms with van der Waals surface area (Å²) in [5.41, 5.74) is 11.4. The van der Waals surface area contributed by atoms with Gasteiger partial charge in [0.2, 0.25) is 0 Å². The quantitative estimate of drug-likeness (QED) is 0.0973. The van der Waals surface area contributed by atoms with E-state index in [0.29, 0.717) is 11.8 Å². The minimum atomic E-state index is 0. The van der Waals surface area contributed by atoms with Crippen LogP contribution in [-0.2, 0) is 51.9 Å². The van der Waals surface area contributed by atoms with E-state index in [1.807, 2.05) is 0 Å². The molecule has 6 aromatic rings. The average Bonchev–Trinajstić information content (AvgIpc) is 3.66. The molecule has 248 valence electrons. The van der Waals surface area contributed by atoms with Crippen LogP contribution in [0.4, 0.5) is 0 Å². The molecule has 6 aromatic carbocycles. The van der Waals surface area contributed by atoms with E-state index in [4.69, 9.17) is 0 Å². The maximum atomic E-state index is 2.39. The SMILES string of the molecule is CCCc1cc2c(-c3ccccc3CC(C)C)cccc2[cH-]1.CCCc1cc2c(-c3ccccc3CC(C)C)cccc2[cH-]1.C[Si]C.[Zr+2]. The van der Waals surface area contributed by atoms with Crippen molar-refractivity contribution in [3.63, 3.8) is 0 Å². The van der Waals surface area contributed by atoms with Crippen LogP contribution in [0.25, 0.3) is 43.8 Å². The molecule has 0 bridgehead atoms. The molecule has 0 amide bonds. The summed E-state index contributed by atoms with van der Waals surface area (Å²) in [6.45, 7) is 18.0. The Labute approximate surface area is 314 Å². The van der Waals surface area contributed by atoms with Crippen LogP contribution < -0.4 is 0 Å². The van der Waals surface area contributed by atoms with Crippen LogP contribution in [0.15, 0.2) is 109 Å². The van der Waals surface area contributed by atoms with Crippen molar-refractivity contribution in [2.24, 2.45) is 11.8 Å². The van der Waals surface area contributed by atoms with Crippen molar-refractivity contribution in [1.29, 1.82) is 0 Å². The van der Waals surface area contributed by atoms with E-state index in [9.17, 15) is 0 Å². The summed E-state index contributed by atoms with van der Waals surface area (Å²) in [6.07, 6.45) is 7.01. The van der Waals surface area contributed by atoms with Crippen LogP contribution in [0.1, 0.15) is 76.6 Å². The van der Waals surface area contributed by atoms with E-state index < -0.39 is 0 Å². The van der Waals surface area contributed by atoms with Gasteiger partial charge in [0, 0.05) is 9.52 Å². The molecule has 0 spiro atoms. The third-order valence-electron chi connectivity index (χ3n) is 8.57. The minimum Gasteiger partial charge on any atom is -0.164 e. The van der Waals surface area contributed by atoms with Gasteiger partial charge in [0.05, 0.1) is 0 Å². The van der Waals surface area contributed by atoms with Crippen LogP contribution in [0.5, 0.6) is 0 Å². The summed E-state index contributed by atoms with van der Waals surface area (Å²) in [7, 11) is 1.08. The Morgan fingerprint density at radius 2 is 0.875 bits per heavy atom. The molecule has 0 nitrogen and oxygen atoms in total. The van der Waals surface area contributed by atoms with E-state index in [0.717, 1.165) is 22.4 Å². The van der Waals surface area contributed by atoms with Gasteiger partial charge in [0.1, 0.15) is 0 Å². The van der Waals surface area contributed by atoms with Crippen molar-refractivity contribution in [2.75, 3.05) is 0 Å². The van der Waals surface area contributed by atoms with Crippen molar-refractivity contribution < 1.29 is 26.2 Å².